The summed E-state index contributed by atoms with van der Waals surface area (Å²) in [6, 6.07) is 17.4. The Morgan fingerprint density at radius 2 is 1.81 bits per heavy atom. The average molecular weight is 365 g/mol. The molecule has 7 nitrogen and oxygen atoms in total. The fourth-order valence-electron chi connectivity index (χ4n) is 2.51. The van der Waals surface area contributed by atoms with E-state index in [0.29, 0.717) is 10.9 Å². The summed E-state index contributed by atoms with van der Waals surface area (Å²) in [6.45, 7) is 0.279. The average Bonchev–Trinajstić information content (AvgIpc) is 3.29. The Morgan fingerprint density at radius 1 is 1.04 bits per heavy atom. The lowest BCUT2D eigenvalue weighted by Gasteiger charge is -2.08. The van der Waals surface area contributed by atoms with E-state index in [1.807, 2.05) is 60.0 Å². The molecule has 0 radical (unpaired) electrons. The largest absolute Gasteiger partial charge is 0.465 e. The van der Waals surface area contributed by atoms with Crippen LogP contribution in [-0.2, 0) is 13.7 Å². The molecule has 0 aliphatic heterocycles. The monoisotopic (exact) mass is 365 g/mol. The van der Waals surface area contributed by atoms with E-state index >= 15 is 0 Å². The molecule has 26 heavy (non-hydrogen) atoms. The van der Waals surface area contributed by atoms with Gasteiger partial charge in [0.15, 0.2) is 0 Å². The Labute approximate surface area is 153 Å². The van der Waals surface area contributed by atoms with Crippen LogP contribution < -0.4 is 10.4 Å². The fraction of sp³-hybridized carbons (Fsp3) is 0.111. The van der Waals surface area contributed by atoms with Crippen molar-refractivity contribution in [2.45, 2.75) is 6.61 Å². The number of ether oxygens (including phenoxy) is 1. The van der Waals surface area contributed by atoms with Crippen LogP contribution in [0.3, 0.4) is 0 Å². The van der Waals surface area contributed by atoms with Crippen molar-refractivity contribution in [1.29, 1.82) is 0 Å². The highest BCUT2D eigenvalue weighted by atomic mass is 32.1. The Balaban J connectivity index is 1.55. The summed E-state index contributed by atoms with van der Waals surface area (Å²) >= 11 is 1.44. The summed E-state index contributed by atoms with van der Waals surface area (Å²) in [6.07, 6.45) is 0. The van der Waals surface area contributed by atoms with Crippen LogP contribution in [0.2, 0.25) is 0 Å². The number of hydrogen-bond acceptors (Lipinski definition) is 6. The molecule has 0 spiro atoms. The second-order valence-corrected chi connectivity index (χ2v) is 6.40. The van der Waals surface area contributed by atoms with Crippen molar-refractivity contribution < 1.29 is 4.74 Å². The molecular formula is C18H15N5O2S. The first-order valence-corrected chi connectivity index (χ1v) is 8.81. The Hall–Kier alpha value is -3.26. The highest BCUT2D eigenvalue weighted by Gasteiger charge is 2.12. The molecule has 0 unspecified atom stereocenters. The lowest BCUT2D eigenvalue weighted by Crippen LogP contribution is -2.23. The van der Waals surface area contributed by atoms with Gasteiger partial charge in [-0.15, -0.1) is 0 Å². The first kappa shape index (κ1) is 16.2. The molecule has 130 valence electrons. The Bertz CT molecular complexity index is 1080. The van der Waals surface area contributed by atoms with Crippen molar-refractivity contribution in [2.24, 2.45) is 7.05 Å². The molecule has 4 rings (SSSR count). The maximum atomic E-state index is 12.1. The lowest BCUT2D eigenvalue weighted by molar-refractivity contribution is 0.304. The summed E-state index contributed by atoms with van der Waals surface area (Å²) in [5.41, 5.74) is 3.09. The molecule has 0 atom stereocenters. The minimum atomic E-state index is -0.307. The fourth-order valence-corrected chi connectivity index (χ4v) is 3.19. The van der Waals surface area contributed by atoms with Crippen LogP contribution in [0, 0.1) is 0 Å². The van der Waals surface area contributed by atoms with Gasteiger partial charge in [-0.2, -0.15) is 9.36 Å². The number of aryl methyl sites for hydroxylation is 1. The van der Waals surface area contributed by atoms with Crippen molar-refractivity contribution in [3.63, 3.8) is 0 Å². The molecule has 2 heterocycles. The standard InChI is InChI=1S/C18H15N5O2S/c1-22-18(24)23(21-20-22)16-10-6-5-9-14(16)11-25-17-19-15(12-26-17)13-7-3-2-4-8-13/h2-10,12H,11H2,1H3. The predicted octanol–water partition coefficient (Wildman–Crippen LogP) is 2.67. The normalized spacial score (nSPS) is 10.8. The summed E-state index contributed by atoms with van der Waals surface area (Å²) in [5.74, 6) is 0. The number of rotatable bonds is 5. The highest BCUT2D eigenvalue weighted by molar-refractivity contribution is 7.11. The van der Waals surface area contributed by atoms with Gasteiger partial charge in [-0.1, -0.05) is 59.9 Å². The molecular weight excluding hydrogens is 350 g/mol. The molecule has 0 N–H and O–H groups in total. The van der Waals surface area contributed by atoms with Crippen LogP contribution in [0.15, 0.2) is 64.8 Å². The molecule has 0 amide bonds. The van der Waals surface area contributed by atoms with Gasteiger partial charge in [0, 0.05) is 23.6 Å². The number of benzene rings is 2. The molecule has 0 fully saturated rings. The van der Waals surface area contributed by atoms with Crippen LogP contribution in [0.25, 0.3) is 16.9 Å². The van der Waals surface area contributed by atoms with Gasteiger partial charge in [0.1, 0.15) is 6.61 Å². The molecule has 0 saturated carbocycles. The Morgan fingerprint density at radius 3 is 2.58 bits per heavy atom. The van der Waals surface area contributed by atoms with Gasteiger partial charge in [0.2, 0.25) is 0 Å². The van der Waals surface area contributed by atoms with E-state index in [2.05, 4.69) is 15.4 Å². The first-order chi connectivity index (χ1) is 12.7. The highest BCUT2D eigenvalue weighted by Crippen LogP contribution is 2.27. The molecule has 0 aliphatic carbocycles. The van der Waals surface area contributed by atoms with E-state index in [4.69, 9.17) is 4.74 Å². The molecule has 2 aromatic carbocycles. The van der Waals surface area contributed by atoms with Crippen LogP contribution in [0.1, 0.15) is 5.56 Å². The Kier molecular flexibility index (Phi) is 4.32. The van der Waals surface area contributed by atoms with Gasteiger partial charge < -0.3 is 4.74 Å². The van der Waals surface area contributed by atoms with E-state index in [9.17, 15) is 4.79 Å². The van der Waals surface area contributed by atoms with E-state index in [-0.39, 0.29) is 12.3 Å². The maximum absolute atomic E-state index is 12.1. The molecule has 4 aromatic rings. The predicted molar refractivity (Wildman–Crippen MR) is 98.5 cm³/mol. The second-order valence-electron chi connectivity index (χ2n) is 5.58. The lowest BCUT2D eigenvalue weighted by atomic mass is 10.2. The van der Waals surface area contributed by atoms with Gasteiger partial charge >= 0.3 is 5.69 Å². The van der Waals surface area contributed by atoms with E-state index in [1.54, 1.807) is 7.05 Å². The van der Waals surface area contributed by atoms with Crippen molar-refractivity contribution in [2.75, 3.05) is 0 Å². The van der Waals surface area contributed by atoms with Crippen molar-refractivity contribution in [3.05, 3.63) is 76.0 Å². The van der Waals surface area contributed by atoms with Crippen LogP contribution in [0.5, 0.6) is 5.19 Å². The summed E-state index contributed by atoms with van der Waals surface area (Å²) in [4.78, 5) is 16.6. The smallest absolute Gasteiger partial charge is 0.368 e. The number of hydrogen-bond donors (Lipinski definition) is 0. The number of para-hydroxylation sites is 1. The minimum absolute atomic E-state index is 0.279. The van der Waals surface area contributed by atoms with Gasteiger partial charge in [-0.3, -0.25) is 0 Å². The zero-order valence-corrected chi connectivity index (χ0v) is 14.8. The zero-order chi connectivity index (χ0) is 17.9. The van der Waals surface area contributed by atoms with Gasteiger partial charge in [0.25, 0.3) is 5.19 Å². The van der Waals surface area contributed by atoms with Crippen molar-refractivity contribution >= 4 is 11.3 Å². The quantitative estimate of drug-likeness (QED) is 0.544. The van der Waals surface area contributed by atoms with Gasteiger partial charge in [0.05, 0.1) is 11.4 Å². The van der Waals surface area contributed by atoms with Crippen LogP contribution in [0.4, 0.5) is 0 Å². The topological polar surface area (TPSA) is 74.8 Å². The SMILES string of the molecule is Cn1nnn(-c2ccccc2COc2nc(-c3ccccc3)cs2)c1=O. The molecule has 2 aromatic heterocycles. The number of thiazole rings is 1. The number of tetrazole rings is 1. The number of aromatic nitrogens is 5. The number of nitrogens with zero attached hydrogens (tertiary/aromatic N) is 5. The summed E-state index contributed by atoms with van der Waals surface area (Å²) < 4.78 is 8.29. The van der Waals surface area contributed by atoms with Gasteiger partial charge in [-0.05, 0) is 16.5 Å². The third kappa shape index (κ3) is 3.14. The molecule has 0 saturated heterocycles. The minimum Gasteiger partial charge on any atom is -0.465 e. The van der Waals surface area contributed by atoms with Crippen LogP contribution >= 0.6 is 11.3 Å². The summed E-state index contributed by atoms with van der Waals surface area (Å²) in [5, 5.41) is 10.2. The molecule has 0 aliphatic rings. The van der Waals surface area contributed by atoms with E-state index in [1.165, 1.54) is 20.7 Å². The molecule has 0 bridgehead atoms. The maximum Gasteiger partial charge on any atom is 0.368 e. The van der Waals surface area contributed by atoms with E-state index < -0.39 is 0 Å². The third-order valence-electron chi connectivity index (χ3n) is 3.85. The molecule has 8 heteroatoms. The second kappa shape index (κ2) is 6.93. The van der Waals surface area contributed by atoms with Gasteiger partial charge in [-0.25, -0.2) is 9.78 Å². The first-order valence-electron chi connectivity index (χ1n) is 7.93. The van der Waals surface area contributed by atoms with Crippen molar-refractivity contribution in [1.82, 2.24) is 24.8 Å². The summed E-state index contributed by atoms with van der Waals surface area (Å²) in [7, 11) is 1.56. The van der Waals surface area contributed by atoms with Crippen molar-refractivity contribution in [3.8, 4) is 22.1 Å². The van der Waals surface area contributed by atoms with Crippen LogP contribution in [-0.4, -0.2) is 24.8 Å². The van der Waals surface area contributed by atoms with E-state index in [0.717, 1.165) is 16.8 Å². The zero-order valence-electron chi connectivity index (χ0n) is 13.9. The third-order valence-corrected chi connectivity index (χ3v) is 4.60.